The van der Waals surface area contributed by atoms with E-state index < -0.39 is 23.3 Å². The SMILES string of the molecule is C=CCN1CCC2(c3cccc(OC(C)=O)c3)CC(NC(=O)C=Cc3cccc(OC(F)(F)F)c3)CCC2(OC)C1. The van der Waals surface area contributed by atoms with E-state index in [2.05, 4.69) is 21.5 Å². The van der Waals surface area contributed by atoms with Crippen molar-refractivity contribution in [3.63, 3.8) is 0 Å². The highest BCUT2D eigenvalue weighted by Gasteiger charge is 2.58. The minimum atomic E-state index is -4.80. The number of rotatable bonds is 9. The van der Waals surface area contributed by atoms with Gasteiger partial charge in [0.15, 0.2) is 0 Å². The van der Waals surface area contributed by atoms with Crippen molar-refractivity contribution in [1.29, 1.82) is 0 Å². The van der Waals surface area contributed by atoms with Gasteiger partial charge in [-0.2, -0.15) is 0 Å². The molecule has 1 saturated heterocycles. The van der Waals surface area contributed by atoms with Gasteiger partial charge in [0.05, 0.1) is 5.60 Å². The number of benzene rings is 2. The van der Waals surface area contributed by atoms with Crippen LogP contribution < -0.4 is 14.8 Å². The van der Waals surface area contributed by atoms with E-state index in [4.69, 9.17) is 9.47 Å². The summed E-state index contributed by atoms with van der Waals surface area (Å²) >= 11 is 0. The summed E-state index contributed by atoms with van der Waals surface area (Å²) in [5.74, 6) is -0.665. The number of carbonyl (C=O) groups is 2. The summed E-state index contributed by atoms with van der Waals surface area (Å²) in [5, 5.41) is 3.09. The Kier molecular flexibility index (Phi) is 9.24. The Morgan fingerprint density at radius 3 is 2.61 bits per heavy atom. The summed E-state index contributed by atoms with van der Waals surface area (Å²) in [5.41, 5.74) is 0.363. The average Bonchev–Trinajstić information content (AvgIpc) is 2.91. The van der Waals surface area contributed by atoms with Crippen molar-refractivity contribution in [1.82, 2.24) is 10.2 Å². The molecule has 2 fully saturated rings. The zero-order valence-corrected chi connectivity index (χ0v) is 23.2. The molecule has 1 aliphatic heterocycles. The van der Waals surface area contributed by atoms with E-state index in [1.807, 2.05) is 24.3 Å². The third kappa shape index (κ3) is 7.18. The molecule has 2 aromatic carbocycles. The molecule has 7 nitrogen and oxygen atoms in total. The lowest BCUT2D eigenvalue weighted by atomic mass is 9.55. The first-order chi connectivity index (χ1) is 19.5. The number of carbonyl (C=O) groups excluding carboxylic acids is 2. The molecule has 0 spiro atoms. The fourth-order valence-electron chi connectivity index (χ4n) is 6.31. The Labute approximate surface area is 238 Å². The lowest BCUT2D eigenvalue weighted by Gasteiger charge is -2.59. The molecule has 1 amide bonds. The number of alkyl halides is 3. The number of esters is 1. The molecule has 4 rings (SSSR count). The van der Waals surface area contributed by atoms with Gasteiger partial charge in [0.1, 0.15) is 11.5 Å². The minimum absolute atomic E-state index is 0.182. The van der Waals surface area contributed by atoms with E-state index >= 15 is 0 Å². The first-order valence-electron chi connectivity index (χ1n) is 13.5. The maximum atomic E-state index is 12.9. The standard InChI is InChI=1S/C31H35F3N2O5/c1-4-16-36-17-15-29(24-8-6-9-26(19-24)40-22(2)37)20-25(13-14-30(29,21-36)39-3)35-28(38)12-11-23-7-5-10-27(18-23)41-31(32,33)34/h4-12,18-19,25H,1,13-17,20-21H2,2-3H3,(H,35,38). The van der Waals surface area contributed by atoms with Crippen LogP contribution in [0.25, 0.3) is 6.08 Å². The third-order valence-electron chi connectivity index (χ3n) is 7.99. The van der Waals surface area contributed by atoms with Crippen molar-refractivity contribution < 1.29 is 37.0 Å². The first kappa shape index (κ1) is 30.3. The van der Waals surface area contributed by atoms with Gasteiger partial charge in [-0.05, 0) is 73.7 Å². The number of likely N-dealkylation sites (tertiary alicyclic amines) is 1. The monoisotopic (exact) mass is 572 g/mol. The Morgan fingerprint density at radius 1 is 1.15 bits per heavy atom. The Hall–Kier alpha value is -3.63. The number of methoxy groups -OCH3 is 1. The zero-order valence-electron chi connectivity index (χ0n) is 23.2. The molecule has 1 N–H and O–H groups in total. The second-order valence-electron chi connectivity index (χ2n) is 10.6. The van der Waals surface area contributed by atoms with Gasteiger partial charge in [0, 0.05) is 44.7 Å². The van der Waals surface area contributed by atoms with E-state index in [9.17, 15) is 22.8 Å². The Bertz CT molecular complexity index is 1300. The van der Waals surface area contributed by atoms with Gasteiger partial charge in [0.25, 0.3) is 0 Å². The van der Waals surface area contributed by atoms with Gasteiger partial charge >= 0.3 is 12.3 Å². The zero-order chi connectivity index (χ0) is 29.7. The lowest BCUT2D eigenvalue weighted by Crippen LogP contribution is -2.67. The molecule has 10 heteroatoms. The highest BCUT2D eigenvalue weighted by Crippen LogP contribution is 2.53. The number of hydrogen-bond donors (Lipinski definition) is 1. The molecule has 2 aromatic rings. The van der Waals surface area contributed by atoms with Crippen LogP contribution in [0.5, 0.6) is 11.5 Å². The highest BCUT2D eigenvalue weighted by atomic mass is 19.4. The van der Waals surface area contributed by atoms with Crippen molar-refractivity contribution in [3.05, 3.63) is 78.4 Å². The molecule has 1 aliphatic carbocycles. The predicted molar refractivity (Wildman–Crippen MR) is 148 cm³/mol. The Morgan fingerprint density at radius 2 is 1.90 bits per heavy atom. The summed E-state index contributed by atoms with van der Waals surface area (Å²) in [6, 6.07) is 12.8. The third-order valence-corrected chi connectivity index (χ3v) is 7.99. The van der Waals surface area contributed by atoms with Crippen LogP contribution in [0.2, 0.25) is 0 Å². The summed E-state index contributed by atoms with van der Waals surface area (Å²) in [6.45, 7) is 7.46. The molecule has 1 saturated carbocycles. The van der Waals surface area contributed by atoms with E-state index in [0.29, 0.717) is 37.1 Å². The summed E-state index contributed by atoms with van der Waals surface area (Å²) in [4.78, 5) is 26.9. The normalized spacial score (nSPS) is 24.9. The summed E-state index contributed by atoms with van der Waals surface area (Å²) in [6.07, 6.45) is 2.55. The van der Waals surface area contributed by atoms with Crippen LogP contribution in [0.3, 0.4) is 0 Å². The van der Waals surface area contributed by atoms with Crippen molar-refractivity contribution >= 4 is 18.0 Å². The topological polar surface area (TPSA) is 77.1 Å². The number of hydrogen-bond acceptors (Lipinski definition) is 6. The number of fused-ring (bicyclic) bond motifs is 1. The number of ether oxygens (including phenoxy) is 3. The van der Waals surface area contributed by atoms with Gasteiger partial charge in [0.2, 0.25) is 5.91 Å². The van der Waals surface area contributed by atoms with Crippen LogP contribution in [-0.4, -0.2) is 61.5 Å². The van der Waals surface area contributed by atoms with Crippen LogP contribution in [-0.2, 0) is 19.7 Å². The Balaban J connectivity index is 1.57. The molecule has 0 aromatic heterocycles. The van der Waals surface area contributed by atoms with Crippen LogP contribution in [0.4, 0.5) is 13.2 Å². The fraction of sp³-hybridized carbons (Fsp3) is 0.419. The molecule has 41 heavy (non-hydrogen) atoms. The molecule has 3 atom stereocenters. The first-order valence-corrected chi connectivity index (χ1v) is 13.5. The van der Waals surface area contributed by atoms with E-state index in [-0.39, 0.29) is 17.7 Å². The second kappa shape index (κ2) is 12.5. The maximum absolute atomic E-state index is 12.9. The number of nitrogens with one attached hydrogen (secondary N) is 1. The van der Waals surface area contributed by atoms with Crippen LogP contribution in [0, 0.1) is 0 Å². The smallest absolute Gasteiger partial charge is 0.427 e. The van der Waals surface area contributed by atoms with Gasteiger partial charge in [-0.25, -0.2) is 0 Å². The van der Waals surface area contributed by atoms with Crippen LogP contribution >= 0.6 is 0 Å². The average molecular weight is 573 g/mol. The van der Waals surface area contributed by atoms with Gasteiger partial charge in [-0.15, -0.1) is 19.8 Å². The molecular formula is C31H35F3N2O5. The van der Waals surface area contributed by atoms with Gasteiger partial charge < -0.3 is 19.5 Å². The van der Waals surface area contributed by atoms with Crippen molar-refractivity contribution in [3.8, 4) is 11.5 Å². The molecule has 2 aliphatic rings. The van der Waals surface area contributed by atoms with Crippen molar-refractivity contribution in [2.24, 2.45) is 0 Å². The largest absolute Gasteiger partial charge is 0.573 e. The quantitative estimate of drug-likeness (QED) is 0.188. The molecule has 3 unspecified atom stereocenters. The highest BCUT2D eigenvalue weighted by molar-refractivity contribution is 5.92. The predicted octanol–water partition coefficient (Wildman–Crippen LogP) is 5.41. The van der Waals surface area contributed by atoms with E-state index in [0.717, 1.165) is 25.1 Å². The number of halogens is 3. The van der Waals surface area contributed by atoms with Gasteiger partial charge in [-0.3, -0.25) is 14.5 Å². The van der Waals surface area contributed by atoms with Crippen LogP contribution in [0.1, 0.15) is 43.7 Å². The fourth-order valence-corrected chi connectivity index (χ4v) is 6.31. The molecular weight excluding hydrogens is 537 g/mol. The van der Waals surface area contributed by atoms with Crippen molar-refractivity contribution in [2.45, 2.75) is 56.0 Å². The van der Waals surface area contributed by atoms with Crippen molar-refractivity contribution in [2.75, 3.05) is 26.7 Å². The summed E-state index contributed by atoms with van der Waals surface area (Å²) < 4.78 is 53.4. The molecule has 1 heterocycles. The number of amides is 1. The van der Waals surface area contributed by atoms with E-state index in [1.54, 1.807) is 19.2 Å². The van der Waals surface area contributed by atoms with Gasteiger partial charge in [-0.1, -0.05) is 30.3 Å². The molecule has 220 valence electrons. The molecule has 0 radical (unpaired) electrons. The van der Waals surface area contributed by atoms with Crippen LogP contribution in [0.15, 0.2) is 67.3 Å². The summed E-state index contributed by atoms with van der Waals surface area (Å²) in [7, 11) is 1.72. The number of piperidine rings is 1. The second-order valence-corrected chi connectivity index (χ2v) is 10.6. The minimum Gasteiger partial charge on any atom is -0.427 e. The van der Waals surface area contributed by atoms with E-state index in [1.165, 1.54) is 37.3 Å². The molecule has 0 bridgehead atoms. The lowest BCUT2D eigenvalue weighted by molar-refractivity contribution is -0.274. The number of nitrogens with zero attached hydrogens (tertiary/aromatic N) is 1. The maximum Gasteiger partial charge on any atom is 0.573 e.